The van der Waals surface area contributed by atoms with Crippen molar-refractivity contribution in [2.75, 3.05) is 26.2 Å². The van der Waals surface area contributed by atoms with Gasteiger partial charge in [-0.2, -0.15) is 0 Å². The number of pyridine rings is 1. The van der Waals surface area contributed by atoms with Crippen LogP contribution in [-0.2, 0) is 16.1 Å². The van der Waals surface area contributed by atoms with Gasteiger partial charge >= 0.3 is 0 Å². The molecule has 0 radical (unpaired) electrons. The summed E-state index contributed by atoms with van der Waals surface area (Å²) in [6, 6.07) is 6.06. The minimum absolute atomic E-state index is 0.139. The summed E-state index contributed by atoms with van der Waals surface area (Å²) in [4.78, 5) is 20.8. The molecule has 0 saturated carbocycles. The number of aromatic nitrogens is 1. The second-order valence-corrected chi connectivity index (χ2v) is 6.75. The third-order valence-corrected chi connectivity index (χ3v) is 5.11. The Hall–Kier alpha value is -1.46. The van der Waals surface area contributed by atoms with Crippen molar-refractivity contribution in [3.05, 3.63) is 30.1 Å². The standard InChI is InChI=1S/C17H23N3O2/c21-17(20-6-3-7-20)9-15-8-13-10-19(12-16(13)22-15)11-14-4-1-2-5-18-14/h1-2,4-5,13,15-16H,3,6-12H2/t13-,15+,16+/m1/s1. The Kier molecular flexibility index (Phi) is 3.84. The number of amides is 1. The van der Waals surface area contributed by atoms with Gasteiger partial charge in [0.2, 0.25) is 5.91 Å². The van der Waals surface area contributed by atoms with Crippen molar-refractivity contribution in [2.45, 2.75) is 38.0 Å². The second-order valence-electron chi connectivity index (χ2n) is 6.75. The molecule has 0 unspecified atom stereocenters. The highest BCUT2D eigenvalue weighted by molar-refractivity contribution is 5.77. The Morgan fingerprint density at radius 2 is 2.23 bits per heavy atom. The van der Waals surface area contributed by atoms with Crippen LogP contribution in [0.15, 0.2) is 24.4 Å². The zero-order valence-corrected chi connectivity index (χ0v) is 12.9. The molecule has 0 aliphatic carbocycles. The summed E-state index contributed by atoms with van der Waals surface area (Å²) in [6.07, 6.45) is 5.06. The van der Waals surface area contributed by atoms with Crippen LogP contribution >= 0.6 is 0 Å². The van der Waals surface area contributed by atoms with Gasteiger partial charge < -0.3 is 9.64 Å². The zero-order chi connectivity index (χ0) is 14.9. The Morgan fingerprint density at radius 3 is 2.91 bits per heavy atom. The van der Waals surface area contributed by atoms with Crippen molar-refractivity contribution in [3.8, 4) is 0 Å². The predicted molar refractivity (Wildman–Crippen MR) is 82.1 cm³/mol. The Balaban J connectivity index is 1.26. The lowest BCUT2D eigenvalue weighted by atomic mass is 10.0. The van der Waals surface area contributed by atoms with Crippen LogP contribution in [0.3, 0.4) is 0 Å². The quantitative estimate of drug-likeness (QED) is 0.841. The highest BCUT2D eigenvalue weighted by Crippen LogP contribution is 2.35. The highest BCUT2D eigenvalue weighted by atomic mass is 16.5. The number of hydrogen-bond acceptors (Lipinski definition) is 4. The van der Waals surface area contributed by atoms with Gasteiger partial charge in [0.15, 0.2) is 0 Å². The zero-order valence-electron chi connectivity index (χ0n) is 12.9. The van der Waals surface area contributed by atoms with Crippen molar-refractivity contribution in [3.63, 3.8) is 0 Å². The average molecular weight is 301 g/mol. The maximum atomic E-state index is 12.0. The molecule has 0 spiro atoms. The van der Waals surface area contributed by atoms with E-state index in [9.17, 15) is 4.79 Å². The summed E-state index contributed by atoms with van der Waals surface area (Å²) in [5, 5.41) is 0. The molecule has 5 heteroatoms. The third kappa shape index (κ3) is 2.88. The van der Waals surface area contributed by atoms with E-state index in [0.29, 0.717) is 18.4 Å². The smallest absolute Gasteiger partial charge is 0.225 e. The summed E-state index contributed by atoms with van der Waals surface area (Å²) in [6.45, 7) is 4.81. The molecule has 1 amide bonds. The van der Waals surface area contributed by atoms with Crippen LogP contribution in [0.1, 0.15) is 25.0 Å². The lowest BCUT2D eigenvalue weighted by Crippen LogP contribution is -2.43. The van der Waals surface area contributed by atoms with Crippen LogP contribution in [0, 0.1) is 5.92 Å². The monoisotopic (exact) mass is 301 g/mol. The molecule has 1 aromatic rings. The van der Waals surface area contributed by atoms with Gasteiger partial charge in [-0.1, -0.05) is 6.07 Å². The summed E-state index contributed by atoms with van der Waals surface area (Å²) in [5.74, 6) is 0.861. The van der Waals surface area contributed by atoms with Gasteiger partial charge in [0.1, 0.15) is 0 Å². The number of rotatable bonds is 4. The number of carbonyl (C=O) groups excluding carboxylic acids is 1. The lowest BCUT2D eigenvalue weighted by Gasteiger charge is -2.31. The minimum Gasteiger partial charge on any atom is -0.373 e. The van der Waals surface area contributed by atoms with Crippen LogP contribution in [0.25, 0.3) is 0 Å². The van der Waals surface area contributed by atoms with E-state index in [1.807, 2.05) is 23.2 Å². The topological polar surface area (TPSA) is 45.7 Å². The van der Waals surface area contributed by atoms with E-state index in [4.69, 9.17) is 4.74 Å². The maximum absolute atomic E-state index is 12.0. The first-order chi connectivity index (χ1) is 10.8. The van der Waals surface area contributed by atoms with E-state index < -0.39 is 0 Å². The summed E-state index contributed by atoms with van der Waals surface area (Å²) < 4.78 is 6.13. The molecule has 22 heavy (non-hydrogen) atoms. The van der Waals surface area contributed by atoms with Crippen LogP contribution in [0.2, 0.25) is 0 Å². The number of ether oxygens (including phenoxy) is 1. The Labute approximate surface area is 131 Å². The van der Waals surface area contributed by atoms with Crippen LogP contribution in [0.4, 0.5) is 0 Å². The highest BCUT2D eigenvalue weighted by Gasteiger charge is 2.42. The molecule has 5 nitrogen and oxygen atoms in total. The van der Waals surface area contributed by atoms with Gasteiger partial charge in [-0.15, -0.1) is 0 Å². The number of carbonyl (C=O) groups is 1. The molecule has 3 aliphatic heterocycles. The molecule has 3 fully saturated rings. The first-order valence-corrected chi connectivity index (χ1v) is 8.33. The first-order valence-electron chi connectivity index (χ1n) is 8.33. The molecule has 4 heterocycles. The molecule has 0 N–H and O–H groups in total. The first kappa shape index (κ1) is 14.2. The van der Waals surface area contributed by atoms with Gasteiger partial charge in [0.25, 0.3) is 0 Å². The normalized spacial score (nSPS) is 31.1. The molecule has 1 aromatic heterocycles. The minimum atomic E-state index is 0.139. The van der Waals surface area contributed by atoms with Gasteiger partial charge in [0.05, 0.1) is 24.3 Å². The van der Waals surface area contributed by atoms with Gasteiger partial charge in [-0.25, -0.2) is 0 Å². The van der Waals surface area contributed by atoms with Crippen molar-refractivity contribution in [2.24, 2.45) is 5.92 Å². The Bertz CT molecular complexity index is 518. The van der Waals surface area contributed by atoms with Gasteiger partial charge in [-0.3, -0.25) is 14.7 Å². The molecule has 0 aromatic carbocycles. The van der Waals surface area contributed by atoms with Crippen LogP contribution < -0.4 is 0 Å². The van der Waals surface area contributed by atoms with E-state index in [1.54, 1.807) is 0 Å². The van der Waals surface area contributed by atoms with E-state index >= 15 is 0 Å². The number of likely N-dealkylation sites (tertiary alicyclic amines) is 2. The molecular formula is C17H23N3O2. The number of hydrogen-bond donors (Lipinski definition) is 0. The number of fused-ring (bicyclic) bond motifs is 1. The Morgan fingerprint density at radius 1 is 1.32 bits per heavy atom. The molecule has 4 rings (SSSR count). The molecule has 0 bridgehead atoms. The molecular weight excluding hydrogens is 278 g/mol. The SMILES string of the molecule is O=C(C[C@@H]1C[C@@H]2CN(Cc3ccccn3)C[C@@H]2O1)N1CCC1. The summed E-state index contributed by atoms with van der Waals surface area (Å²) >= 11 is 0. The maximum Gasteiger partial charge on any atom is 0.225 e. The average Bonchev–Trinajstić information content (AvgIpc) is 2.95. The molecule has 3 saturated heterocycles. The van der Waals surface area contributed by atoms with E-state index in [-0.39, 0.29) is 12.0 Å². The lowest BCUT2D eigenvalue weighted by molar-refractivity contribution is -0.137. The fraction of sp³-hybridized carbons (Fsp3) is 0.647. The third-order valence-electron chi connectivity index (χ3n) is 5.11. The molecule has 3 atom stereocenters. The molecule has 3 aliphatic rings. The fourth-order valence-electron chi connectivity index (χ4n) is 3.82. The van der Waals surface area contributed by atoms with Crippen molar-refractivity contribution < 1.29 is 9.53 Å². The van der Waals surface area contributed by atoms with Crippen molar-refractivity contribution in [1.82, 2.24) is 14.8 Å². The van der Waals surface area contributed by atoms with Crippen molar-refractivity contribution in [1.29, 1.82) is 0 Å². The van der Waals surface area contributed by atoms with E-state index in [1.165, 1.54) is 0 Å². The van der Waals surface area contributed by atoms with E-state index in [0.717, 1.165) is 51.3 Å². The van der Waals surface area contributed by atoms with Crippen molar-refractivity contribution >= 4 is 5.91 Å². The second kappa shape index (κ2) is 5.97. The van der Waals surface area contributed by atoms with E-state index in [2.05, 4.69) is 16.0 Å². The fourth-order valence-corrected chi connectivity index (χ4v) is 3.82. The molecule has 118 valence electrons. The van der Waals surface area contributed by atoms with Gasteiger partial charge in [-0.05, 0) is 25.0 Å². The van der Waals surface area contributed by atoms with Crippen LogP contribution in [0.5, 0.6) is 0 Å². The summed E-state index contributed by atoms with van der Waals surface area (Å²) in [5.41, 5.74) is 1.12. The summed E-state index contributed by atoms with van der Waals surface area (Å²) in [7, 11) is 0. The van der Waals surface area contributed by atoms with Crippen LogP contribution in [-0.4, -0.2) is 59.1 Å². The largest absolute Gasteiger partial charge is 0.373 e. The number of nitrogens with zero attached hydrogens (tertiary/aromatic N) is 3. The predicted octanol–water partition coefficient (Wildman–Crippen LogP) is 1.29. The van der Waals surface area contributed by atoms with Gasteiger partial charge in [0, 0.05) is 44.8 Å².